The van der Waals surface area contributed by atoms with Crippen molar-refractivity contribution < 1.29 is 0 Å². The summed E-state index contributed by atoms with van der Waals surface area (Å²) in [4.78, 5) is 6.82. The van der Waals surface area contributed by atoms with Crippen molar-refractivity contribution in [3.63, 3.8) is 0 Å². The fourth-order valence-electron chi connectivity index (χ4n) is 2.39. The normalized spacial score (nSPS) is 15.1. The van der Waals surface area contributed by atoms with E-state index in [1.165, 1.54) is 5.56 Å². The highest BCUT2D eigenvalue weighted by Crippen LogP contribution is 2.13. The molecule has 0 spiro atoms. The van der Waals surface area contributed by atoms with Crippen LogP contribution in [0.15, 0.2) is 24.7 Å². The lowest BCUT2D eigenvalue weighted by molar-refractivity contribution is 0.208. The van der Waals surface area contributed by atoms with Crippen LogP contribution in [0.1, 0.15) is 24.7 Å². The molecule has 3 rings (SSSR count). The molecule has 0 bridgehead atoms. The number of nitrogens with zero attached hydrogens (tertiary/aromatic N) is 5. The molecule has 6 nitrogen and oxygen atoms in total. The number of pyridine rings is 1. The zero-order valence-corrected chi connectivity index (χ0v) is 11.8. The third kappa shape index (κ3) is 2.96. The van der Waals surface area contributed by atoms with Crippen molar-refractivity contribution in [1.29, 1.82) is 0 Å². The van der Waals surface area contributed by atoms with Gasteiger partial charge in [-0.1, -0.05) is 13.0 Å². The first-order chi connectivity index (χ1) is 9.85. The maximum atomic E-state index is 4.45. The molecule has 1 aliphatic rings. The van der Waals surface area contributed by atoms with Crippen molar-refractivity contribution in [3.05, 3.63) is 36.0 Å². The SMILES string of the molecule is CCCNc1ccc(CN2CCn3cnnc3C2)cn1. The van der Waals surface area contributed by atoms with E-state index in [-0.39, 0.29) is 0 Å². The Labute approximate surface area is 118 Å². The summed E-state index contributed by atoms with van der Waals surface area (Å²) in [5.41, 5.74) is 1.24. The van der Waals surface area contributed by atoms with Gasteiger partial charge in [0.15, 0.2) is 0 Å². The first kappa shape index (κ1) is 13.1. The van der Waals surface area contributed by atoms with E-state index < -0.39 is 0 Å². The highest BCUT2D eigenvalue weighted by Gasteiger charge is 2.17. The Morgan fingerprint density at radius 2 is 2.25 bits per heavy atom. The van der Waals surface area contributed by atoms with E-state index >= 15 is 0 Å². The van der Waals surface area contributed by atoms with Gasteiger partial charge in [0.25, 0.3) is 0 Å². The van der Waals surface area contributed by atoms with Crippen molar-refractivity contribution in [2.45, 2.75) is 33.0 Å². The summed E-state index contributed by atoms with van der Waals surface area (Å²) >= 11 is 0. The van der Waals surface area contributed by atoms with Crippen molar-refractivity contribution in [2.75, 3.05) is 18.4 Å². The molecule has 0 atom stereocenters. The predicted octanol–water partition coefficient (Wildman–Crippen LogP) is 1.51. The summed E-state index contributed by atoms with van der Waals surface area (Å²) in [5, 5.41) is 11.4. The maximum absolute atomic E-state index is 4.45. The first-order valence-electron chi connectivity index (χ1n) is 7.13. The van der Waals surface area contributed by atoms with Gasteiger partial charge in [-0.3, -0.25) is 4.90 Å². The van der Waals surface area contributed by atoms with Gasteiger partial charge in [-0.2, -0.15) is 0 Å². The lowest BCUT2D eigenvalue weighted by Crippen LogP contribution is -2.33. The second-order valence-electron chi connectivity index (χ2n) is 5.13. The molecule has 1 aliphatic heterocycles. The molecule has 20 heavy (non-hydrogen) atoms. The summed E-state index contributed by atoms with van der Waals surface area (Å²) < 4.78 is 2.12. The van der Waals surface area contributed by atoms with Crippen LogP contribution in [-0.2, 0) is 19.6 Å². The summed E-state index contributed by atoms with van der Waals surface area (Å²) in [6.45, 7) is 6.88. The second kappa shape index (κ2) is 6.00. The molecule has 2 aromatic heterocycles. The van der Waals surface area contributed by atoms with Crippen LogP contribution in [0.3, 0.4) is 0 Å². The third-order valence-corrected chi connectivity index (χ3v) is 3.50. The van der Waals surface area contributed by atoms with Gasteiger partial charge in [0.05, 0.1) is 6.54 Å². The van der Waals surface area contributed by atoms with Crippen LogP contribution >= 0.6 is 0 Å². The Morgan fingerprint density at radius 3 is 3.05 bits per heavy atom. The second-order valence-corrected chi connectivity index (χ2v) is 5.13. The molecular formula is C14H20N6. The van der Waals surface area contributed by atoms with Crippen LogP contribution in [0.4, 0.5) is 5.82 Å². The molecule has 0 fully saturated rings. The van der Waals surface area contributed by atoms with Gasteiger partial charge >= 0.3 is 0 Å². The molecule has 1 N–H and O–H groups in total. The molecule has 0 aromatic carbocycles. The minimum Gasteiger partial charge on any atom is -0.370 e. The monoisotopic (exact) mass is 272 g/mol. The standard InChI is InChI=1S/C14H20N6/c1-2-5-15-13-4-3-12(8-16-13)9-19-6-7-20-11-17-18-14(20)10-19/h3-4,8,11H,2,5-7,9-10H2,1H3,(H,15,16). The van der Waals surface area contributed by atoms with Crippen molar-refractivity contribution in [1.82, 2.24) is 24.6 Å². The van der Waals surface area contributed by atoms with E-state index in [4.69, 9.17) is 0 Å². The number of anilines is 1. The van der Waals surface area contributed by atoms with Crippen LogP contribution < -0.4 is 5.32 Å². The molecule has 0 saturated carbocycles. The zero-order valence-electron chi connectivity index (χ0n) is 11.8. The first-order valence-corrected chi connectivity index (χ1v) is 7.13. The molecule has 0 radical (unpaired) electrons. The molecule has 0 unspecified atom stereocenters. The average molecular weight is 272 g/mol. The predicted molar refractivity (Wildman–Crippen MR) is 77.2 cm³/mol. The lowest BCUT2D eigenvalue weighted by atomic mass is 10.2. The van der Waals surface area contributed by atoms with E-state index in [9.17, 15) is 0 Å². The molecule has 3 heterocycles. The molecule has 0 amide bonds. The smallest absolute Gasteiger partial charge is 0.147 e. The molecule has 0 aliphatic carbocycles. The highest BCUT2D eigenvalue weighted by molar-refractivity contribution is 5.35. The molecule has 0 saturated heterocycles. The van der Waals surface area contributed by atoms with Crippen molar-refractivity contribution in [3.8, 4) is 0 Å². The van der Waals surface area contributed by atoms with Crippen molar-refractivity contribution >= 4 is 5.82 Å². The van der Waals surface area contributed by atoms with E-state index in [0.717, 1.165) is 50.8 Å². The largest absolute Gasteiger partial charge is 0.370 e. The Kier molecular flexibility index (Phi) is 3.92. The Bertz CT molecular complexity index is 547. The average Bonchev–Trinajstić information content (AvgIpc) is 2.94. The summed E-state index contributed by atoms with van der Waals surface area (Å²) in [7, 11) is 0. The minimum atomic E-state index is 0.857. The Hall–Kier alpha value is -1.95. The number of hydrogen-bond acceptors (Lipinski definition) is 5. The molecule has 2 aromatic rings. The number of nitrogens with one attached hydrogen (secondary N) is 1. The van der Waals surface area contributed by atoms with Crippen LogP contribution in [0.2, 0.25) is 0 Å². The molecule has 6 heteroatoms. The fraction of sp³-hybridized carbons (Fsp3) is 0.500. The summed E-state index contributed by atoms with van der Waals surface area (Å²) in [6, 6.07) is 4.20. The van der Waals surface area contributed by atoms with Gasteiger partial charge < -0.3 is 9.88 Å². The molecule has 106 valence electrons. The Balaban J connectivity index is 1.58. The summed E-state index contributed by atoms with van der Waals surface area (Å²) in [5.74, 6) is 2.00. The van der Waals surface area contributed by atoms with Gasteiger partial charge in [-0.15, -0.1) is 10.2 Å². The zero-order chi connectivity index (χ0) is 13.8. The topological polar surface area (TPSA) is 58.9 Å². The van der Waals surface area contributed by atoms with Gasteiger partial charge in [0.1, 0.15) is 18.0 Å². The van der Waals surface area contributed by atoms with E-state index in [1.54, 1.807) is 0 Å². The van der Waals surface area contributed by atoms with E-state index in [0.29, 0.717) is 0 Å². The molecular weight excluding hydrogens is 252 g/mol. The van der Waals surface area contributed by atoms with Crippen LogP contribution in [-0.4, -0.2) is 37.7 Å². The third-order valence-electron chi connectivity index (χ3n) is 3.50. The van der Waals surface area contributed by atoms with Gasteiger partial charge in [-0.05, 0) is 18.1 Å². The fourth-order valence-corrected chi connectivity index (χ4v) is 2.39. The lowest BCUT2D eigenvalue weighted by Gasteiger charge is -2.26. The van der Waals surface area contributed by atoms with Crippen LogP contribution in [0, 0.1) is 0 Å². The number of fused-ring (bicyclic) bond motifs is 1. The van der Waals surface area contributed by atoms with Gasteiger partial charge in [0, 0.05) is 32.4 Å². The van der Waals surface area contributed by atoms with Crippen LogP contribution in [0.25, 0.3) is 0 Å². The van der Waals surface area contributed by atoms with Gasteiger partial charge in [0.2, 0.25) is 0 Å². The van der Waals surface area contributed by atoms with Crippen molar-refractivity contribution in [2.24, 2.45) is 0 Å². The van der Waals surface area contributed by atoms with E-state index in [1.807, 2.05) is 12.5 Å². The van der Waals surface area contributed by atoms with Gasteiger partial charge in [-0.25, -0.2) is 4.98 Å². The van der Waals surface area contributed by atoms with Crippen LogP contribution in [0.5, 0.6) is 0 Å². The summed E-state index contributed by atoms with van der Waals surface area (Å²) in [6.07, 6.45) is 4.87. The quantitative estimate of drug-likeness (QED) is 0.894. The van der Waals surface area contributed by atoms with E-state index in [2.05, 4.69) is 49.0 Å². The number of aromatic nitrogens is 4. The minimum absolute atomic E-state index is 0.857. The number of hydrogen-bond donors (Lipinski definition) is 1. The maximum Gasteiger partial charge on any atom is 0.147 e. The highest BCUT2D eigenvalue weighted by atomic mass is 15.3. The Morgan fingerprint density at radius 1 is 1.30 bits per heavy atom. The number of rotatable bonds is 5.